The van der Waals surface area contributed by atoms with Crippen molar-refractivity contribution in [2.75, 3.05) is 0 Å². The summed E-state index contributed by atoms with van der Waals surface area (Å²) in [4.78, 5) is 36.1. The van der Waals surface area contributed by atoms with Gasteiger partial charge >= 0.3 is 11.9 Å². The number of Topliss-reactive ketones (excluding diaryl/α,β-unsaturated/α-hetero) is 1. The number of hydrogen-bond acceptors (Lipinski definition) is 6. The Hall–Kier alpha value is -1.69. The summed E-state index contributed by atoms with van der Waals surface area (Å²) in [6, 6.07) is 0. The number of rotatable bonds is 2. The van der Waals surface area contributed by atoms with Gasteiger partial charge in [-0.25, -0.2) is 0 Å². The molecule has 7 atom stereocenters. The Labute approximate surface area is 172 Å². The van der Waals surface area contributed by atoms with E-state index in [1.54, 1.807) is 0 Å². The van der Waals surface area contributed by atoms with E-state index < -0.39 is 22.5 Å². The van der Waals surface area contributed by atoms with Gasteiger partial charge in [0.15, 0.2) is 0 Å². The van der Waals surface area contributed by atoms with E-state index in [-0.39, 0.29) is 35.7 Å². The van der Waals surface area contributed by atoms with Crippen LogP contribution in [0.1, 0.15) is 72.6 Å². The molecule has 6 heteroatoms. The van der Waals surface area contributed by atoms with Crippen molar-refractivity contribution in [1.29, 1.82) is 0 Å². The monoisotopic (exact) mass is 404 g/mol. The predicted octanol–water partition coefficient (Wildman–Crippen LogP) is 3.11. The van der Waals surface area contributed by atoms with Crippen molar-refractivity contribution in [3.05, 3.63) is 11.6 Å². The zero-order valence-corrected chi connectivity index (χ0v) is 17.8. The molecule has 1 N–H and O–H groups in total. The van der Waals surface area contributed by atoms with Crippen molar-refractivity contribution in [3.8, 4) is 0 Å². The maximum atomic E-state index is 12.7. The molecule has 0 amide bonds. The third-order valence-corrected chi connectivity index (χ3v) is 8.58. The van der Waals surface area contributed by atoms with E-state index in [0.29, 0.717) is 38.5 Å². The first-order chi connectivity index (χ1) is 13.5. The molecular weight excluding hydrogens is 372 g/mol. The van der Waals surface area contributed by atoms with Gasteiger partial charge in [-0.05, 0) is 44.1 Å². The molecule has 0 heterocycles. The van der Waals surface area contributed by atoms with Gasteiger partial charge in [-0.3, -0.25) is 14.4 Å². The maximum Gasteiger partial charge on any atom is 0.303 e. The van der Waals surface area contributed by atoms with Crippen LogP contribution in [0.5, 0.6) is 0 Å². The van der Waals surface area contributed by atoms with E-state index in [2.05, 4.69) is 6.92 Å². The molecule has 4 rings (SSSR count). The van der Waals surface area contributed by atoms with Crippen LogP contribution in [-0.2, 0) is 23.9 Å². The molecule has 4 aliphatic rings. The molecule has 160 valence electrons. The number of hydrogen-bond donors (Lipinski definition) is 1. The van der Waals surface area contributed by atoms with E-state index in [1.807, 2.05) is 13.0 Å². The molecular formula is C23H32O6. The highest BCUT2D eigenvalue weighted by Crippen LogP contribution is 2.66. The largest absolute Gasteiger partial charge is 0.462 e. The minimum atomic E-state index is -1.05. The summed E-state index contributed by atoms with van der Waals surface area (Å²) in [7, 11) is 0. The number of carbonyl (C=O) groups excluding carboxylic acids is 3. The van der Waals surface area contributed by atoms with Crippen LogP contribution in [0.15, 0.2) is 11.6 Å². The summed E-state index contributed by atoms with van der Waals surface area (Å²) in [5.74, 6) is -0.720. The highest BCUT2D eigenvalue weighted by molar-refractivity contribution is 5.87. The lowest BCUT2D eigenvalue weighted by Crippen LogP contribution is -2.66. The first-order valence-electron chi connectivity index (χ1n) is 10.8. The Morgan fingerprint density at radius 2 is 1.76 bits per heavy atom. The molecule has 3 saturated carbocycles. The zero-order chi connectivity index (χ0) is 21.2. The number of aliphatic hydroxyl groups is 1. The van der Waals surface area contributed by atoms with Crippen molar-refractivity contribution >= 4 is 17.7 Å². The molecule has 0 spiro atoms. The lowest BCUT2D eigenvalue weighted by atomic mass is 9.45. The molecule has 3 fully saturated rings. The average molecular weight is 405 g/mol. The highest BCUT2D eigenvalue weighted by Gasteiger charge is 2.68. The summed E-state index contributed by atoms with van der Waals surface area (Å²) < 4.78 is 11.2. The lowest BCUT2D eigenvalue weighted by Gasteiger charge is -2.63. The first kappa shape index (κ1) is 20.6. The van der Waals surface area contributed by atoms with Crippen molar-refractivity contribution in [3.63, 3.8) is 0 Å². The van der Waals surface area contributed by atoms with E-state index in [4.69, 9.17) is 9.47 Å². The van der Waals surface area contributed by atoms with Crippen LogP contribution >= 0.6 is 0 Å². The Kier molecular flexibility index (Phi) is 4.72. The fourth-order valence-corrected chi connectivity index (χ4v) is 6.96. The molecule has 29 heavy (non-hydrogen) atoms. The fourth-order valence-electron chi connectivity index (χ4n) is 6.96. The molecule has 6 nitrogen and oxygen atoms in total. The second-order valence-corrected chi connectivity index (χ2v) is 10.0. The van der Waals surface area contributed by atoms with E-state index >= 15 is 0 Å². The maximum absolute atomic E-state index is 12.7. The summed E-state index contributed by atoms with van der Waals surface area (Å²) in [6.45, 7) is 6.92. The number of ketones is 1. The summed E-state index contributed by atoms with van der Waals surface area (Å²) in [5, 5.41) is 12.2. The van der Waals surface area contributed by atoms with Crippen LogP contribution in [-0.4, -0.2) is 40.6 Å². The third kappa shape index (κ3) is 2.89. The Balaban J connectivity index is 1.78. The number of fused-ring (bicyclic) bond motifs is 5. The Bertz CT molecular complexity index is 786. The fraction of sp³-hybridized carbons (Fsp3) is 0.783. The van der Waals surface area contributed by atoms with Gasteiger partial charge < -0.3 is 14.6 Å². The van der Waals surface area contributed by atoms with Crippen molar-refractivity contribution in [1.82, 2.24) is 0 Å². The predicted molar refractivity (Wildman–Crippen MR) is 105 cm³/mol. The minimum absolute atomic E-state index is 0.00100. The van der Waals surface area contributed by atoms with Gasteiger partial charge in [0.1, 0.15) is 18.0 Å². The van der Waals surface area contributed by atoms with Gasteiger partial charge in [-0.1, -0.05) is 19.4 Å². The molecule has 0 aromatic rings. The summed E-state index contributed by atoms with van der Waals surface area (Å²) in [6.07, 6.45) is 5.59. The Morgan fingerprint density at radius 3 is 2.41 bits per heavy atom. The molecule has 0 radical (unpaired) electrons. The van der Waals surface area contributed by atoms with Gasteiger partial charge in [0.05, 0.1) is 5.60 Å². The van der Waals surface area contributed by atoms with Crippen molar-refractivity contribution < 1.29 is 29.0 Å². The molecule has 0 aromatic heterocycles. The van der Waals surface area contributed by atoms with E-state index in [9.17, 15) is 19.5 Å². The molecule has 0 bridgehead atoms. The van der Waals surface area contributed by atoms with Gasteiger partial charge in [0.2, 0.25) is 0 Å². The average Bonchev–Trinajstić information content (AvgIpc) is 2.91. The SMILES string of the molecule is CC(=O)O[C@H]1CC[C@@]2(C)C(=C[C@@H](OC(C)=O)[C@H]3[C@@H]4CCC(=O)[C@@]4(C)CC[C@@]32O)C1. The molecule has 4 aliphatic carbocycles. The second-order valence-electron chi connectivity index (χ2n) is 10.0. The van der Waals surface area contributed by atoms with Crippen LogP contribution in [0, 0.1) is 22.7 Å². The van der Waals surface area contributed by atoms with E-state index in [0.717, 1.165) is 12.0 Å². The lowest BCUT2D eigenvalue weighted by molar-refractivity contribution is -0.214. The van der Waals surface area contributed by atoms with Crippen LogP contribution in [0.3, 0.4) is 0 Å². The second kappa shape index (κ2) is 6.66. The van der Waals surface area contributed by atoms with Crippen LogP contribution in [0.2, 0.25) is 0 Å². The van der Waals surface area contributed by atoms with E-state index in [1.165, 1.54) is 13.8 Å². The number of carbonyl (C=O) groups is 3. The van der Waals surface area contributed by atoms with Crippen molar-refractivity contribution in [2.24, 2.45) is 22.7 Å². The highest BCUT2D eigenvalue weighted by atomic mass is 16.5. The molecule has 0 saturated heterocycles. The Morgan fingerprint density at radius 1 is 1.07 bits per heavy atom. The third-order valence-electron chi connectivity index (χ3n) is 8.58. The summed E-state index contributed by atoms with van der Waals surface area (Å²) >= 11 is 0. The standard InChI is InChI=1S/C23H32O6/c1-13(24)28-16-7-8-22(4)15(11-16)12-18(29-14(2)25)20-17-5-6-19(26)21(17,3)9-10-23(20,22)27/h12,16-18,20,27H,5-11H2,1-4H3/t16-,17-,18+,20+,21-,22-,23+/m0/s1. The molecule has 0 aromatic carbocycles. The van der Waals surface area contributed by atoms with Crippen molar-refractivity contribution in [2.45, 2.75) is 90.4 Å². The summed E-state index contributed by atoms with van der Waals surface area (Å²) in [5.41, 5.74) is -0.968. The van der Waals surface area contributed by atoms with Gasteiger partial charge in [-0.15, -0.1) is 0 Å². The number of ether oxygens (including phenoxy) is 2. The topological polar surface area (TPSA) is 89.9 Å². The van der Waals surface area contributed by atoms with Crippen LogP contribution in [0.25, 0.3) is 0 Å². The molecule has 0 unspecified atom stereocenters. The smallest absolute Gasteiger partial charge is 0.303 e. The van der Waals surface area contributed by atoms with Crippen LogP contribution in [0.4, 0.5) is 0 Å². The minimum Gasteiger partial charge on any atom is -0.462 e. The van der Waals surface area contributed by atoms with Gasteiger partial charge in [0, 0.05) is 43.4 Å². The zero-order valence-electron chi connectivity index (χ0n) is 17.8. The van der Waals surface area contributed by atoms with Gasteiger partial charge in [0.25, 0.3) is 0 Å². The number of esters is 2. The van der Waals surface area contributed by atoms with Crippen LogP contribution < -0.4 is 0 Å². The molecule has 0 aliphatic heterocycles. The normalized spacial score (nSPS) is 46.1. The quantitative estimate of drug-likeness (QED) is 0.562. The first-order valence-corrected chi connectivity index (χ1v) is 10.8. The van der Waals surface area contributed by atoms with Gasteiger partial charge in [-0.2, -0.15) is 0 Å².